The van der Waals surface area contributed by atoms with Crippen molar-refractivity contribution in [2.24, 2.45) is 0 Å². The van der Waals surface area contributed by atoms with Crippen molar-refractivity contribution in [2.75, 3.05) is 26.4 Å². The Labute approximate surface area is 147 Å². The predicted molar refractivity (Wildman–Crippen MR) is 94.1 cm³/mol. The van der Waals surface area contributed by atoms with Crippen LogP contribution in [0.25, 0.3) is 0 Å². The third kappa shape index (κ3) is 3.38. The largest absolute Gasteiger partial charge is 0.377 e. The molecule has 0 radical (unpaired) electrons. The predicted octanol–water partition coefficient (Wildman–Crippen LogP) is 3.04. The Morgan fingerprint density at radius 3 is 2.68 bits per heavy atom. The molecule has 5 nitrogen and oxygen atoms in total. The lowest BCUT2D eigenvalue weighted by atomic mass is 9.99. The second-order valence-electron chi connectivity index (χ2n) is 6.41. The summed E-state index contributed by atoms with van der Waals surface area (Å²) in [6, 6.07) is 17.9. The van der Waals surface area contributed by atoms with Crippen molar-refractivity contribution < 1.29 is 14.3 Å². The molecule has 130 valence electrons. The summed E-state index contributed by atoms with van der Waals surface area (Å²) >= 11 is 0. The van der Waals surface area contributed by atoms with Crippen LogP contribution in [0.3, 0.4) is 0 Å². The van der Waals surface area contributed by atoms with E-state index in [0.29, 0.717) is 33.0 Å². The molecule has 2 aromatic rings. The number of morpholine rings is 1. The smallest absolute Gasteiger partial charge is 0.318 e. The molecule has 0 spiro atoms. The van der Waals surface area contributed by atoms with Gasteiger partial charge < -0.3 is 19.7 Å². The molecule has 2 atom stereocenters. The van der Waals surface area contributed by atoms with E-state index in [-0.39, 0.29) is 18.1 Å². The SMILES string of the molecule is O=C(NC1COCc2ccccc21)N1CCOCC1c1ccccc1. The third-order valence-corrected chi connectivity index (χ3v) is 4.84. The van der Waals surface area contributed by atoms with E-state index >= 15 is 0 Å². The Morgan fingerprint density at radius 2 is 1.80 bits per heavy atom. The van der Waals surface area contributed by atoms with Gasteiger partial charge in [-0.15, -0.1) is 0 Å². The van der Waals surface area contributed by atoms with Gasteiger partial charge in [0.2, 0.25) is 0 Å². The van der Waals surface area contributed by atoms with Gasteiger partial charge in [-0.1, -0.05) is 54.6 Å². The van der Waals surface area contributed by atoms with Crippen molar-refractivity contribution in [3.63, 3.8) is 0 Å². The molecular formula is C20H22N2O3. The average molecular weight is 338 g/mol. The average Bonchev–Trinajstić information content (AvgIpc) is 2.69. The van der Waals surface area contributed by atoms with Crippen LogP contribution in [-0.2, 0) is 16.1 Å². The van der Waals surface area contributed by atoms with E-state index in [2.05, 4.69) is 17.4 Å². The number of nitrogens with zero attached hydrogens (tertiary/aromatic N) is 1. The lowest BCUT2D eigenvalue weighted by Crippen LogP contribution is -2.49. The van der Waals surface area contributed by atoms with Crippen molar-refractivity contribution in [2.45, 2.75) is 18.7 Å². The highest BCUT2D eigenvalue weighted by Gasteiger charge is 2.31. The summed E-state index contributed by atoms with van der Waals surface area (Å²) in [7, 11) is 0. The number of urea groups is 1. The quantitative estimate of drug-likeness (QED) is 0.916. The minimum Gasteiger partial charge on any atom is -0.377 e. The lowest BCUT2D eigenvalue weighted by Gasteiger charge is -2.37. The van der Waals surface area contributed by atoms with Gasteiger partial charge in [-0.05, 0) is 16.7 Å². The topological polar surface area (TPSA) is 50.8 Å². The second-order valence-corrected chi connectivity index (χ2v) is 6.41. The van der Waals surface area contributed by atoms with Crippen LogP contribution in [0.15, 0.2) is 54.6 Å². The number of ether oxygens (including phenoxy) is 2. The summed E-state index contributed by atoms with van der Waals surface area (Å²) in [4.78, 5) is 14.8. The zero-order valence-electron chi connectivity index (χ0n) is 14.1. The number of carbonyl (C=O) groups is 1. The number of rotatable bonds is 2. The molecule has 0 aromatic heterocycles. The summed E-state index contributed by atoms with van der Waals surface area (Å²) < 4.78 is 11.3. The highest BCUT2D eigenvalue weighted by atomic mass is 16.5. The van der Waals surface area contributed by atoms with Crippen LogP contribution in [0.4, 0.5) is 4.79 Å². The Hall–Kier alpha value is -2.37. The molecule has 1 N–H and O–H groups in total. The first-order chi connectivity index (χ1) is 12.3. The highest BCUT2D eigenvalue weighted by Crippen LogP contribution is 2.27. The molecule has 0 aliphatic carbocycles. The fraction of sp³-hybridized carbons (Fsp3) is 0.350. The molecule has 2 unspecified atom stereocenters. The number of carbonyl (C=O) groups excluding carboxylic acids is 1. The minimum atomic E-state index is -0.114. The van der Waals surface area contributed by atoms with Gasteiger partial charge in [-0.3, -0.25) is 0 Å². The van der Waals surface area contributed by atoms with Gasteiger partial charge in [0.15, 0.2) is 0 Å². The van der Waals surface area contributed by atoms with Crippen molar-refractivity contribution in [1.82, 2.24) is 10.2 Å². The number of amides is 2. The van der Waals surface area contributed by atoms with Gasteiger partial charge in [0.25, 0.3) is 0 Å². The van der Waals surface area contributed by atoms with E-state index in [1.54, 1.807) is 0 Å². The molecule has 2 aromatic carbocycles. The van der Waals surface area contributed by atoms with Crippen LogP contribution in [0, 0.1) is 0 Å². The van der Waals surface area contributed by atoms with E-state index < -0.39 is 0 Å². The third-order valence-electron chi connectivity index (χ3n) is 4.84. The Bertz CT molecular complexity index is 735. The van der Waals surface area contributed by atoms with Gasteiger partial charge in [0.05, 0.1) is 38.5 Å². The number of benzene rings is 2. The van der Waals surface area contributed by atoms with Crippen LogP contribution in [0.1, 0.15) is 28.8 Å². The summed E-state index contributed by atoms with van der Waals surface area (Å²) in [6.07, 6.45) is 0. The first-order valence-corrected chi connectivity index (χ1v) is 8.68. The fourth-order valence-electron chi connectivity index (χ4n) is 3.53. The number of hydrogen-bond donors (Lipinski definition) is 1. The molecule has 1 fully saturated rings. The maximum atomic E-state index is 13.0. The van der Waals surface area contributed by atoms with Crippen molar-refractivity contribution in [3.8, 4) is 0 Å². The molecule has 2 aliphatic rings. The van der Waals surface area contributed by atoms with Gasteiger partial charge in [-0.25, -0.2) is 4.79 Å². The lowest BCUT2D eigenvalue weighted by molar-refractivity contribution is 0.00909. The highest BCUT2D eigenvalue weighted by molar-refractivity contribution is 5.75. The molecule has 0 saturated carbocycles. The standard InChI is InChI=1S/C20H22N2O3/c23-20(21-18-13-25-12-16-8-4-5-9-17(16)18)22-10-11-24-14-19(22)15-6-2-1-3-7-15/h1-9,18-19H,10-14H2,(H,21,23). The molecule has 2 heterocycles. The van der Waals surface area contributed by atoms with Gasteiger partial charge in [0.1, 0.15) is 0 Å². The van der Waals surface area contributed by atoms with Crippen LogP contribution >= 0.6 is 0 Å². The number of hydrogen-bond acceptors (Lipinski definition) is 3. The molecule has 25 heavy (non-hydrogen) atoms. The van der Waals surface area contributed by atoms with Crippen LogP contribution in [-0.4, -0.2) is 37.3 Å². The second kappa shape index (κ2) is 7.25. The fourth-order valence-corrected chi connectivity index (χ4v) is 3.53. The molecular weight excluding hydrogens is 316 g/mol. The number of nitrogens with one attached hydrogen (secondary N) is 1. The van der Waals surface area contributed by atoms with E-state index in [4.69, 9.17) is 9.47 Å². The molecule has 2 amide bonds. The Kier molecular flexibility index (Phi) is 4.68. The Balaban J connectivity index is 1.52. The summed E-state index contributed by atoms with van der Waals surface area (Å²) in [5.74, 6) is 0. The van der Waals surface area contributed by atoms with Crippen molar-refractivity contribution in [3.05, 3.63) is 71.3 Å². The minimum absolute atomic E-state index is 0.0605. The van der Waals surface area contributed by atoms with Gasteiger partial charge >= 0.3 is 6.03 Å². The molecule has 2 aliphatic heterocycles. The first kappa shape index (κ1) is 16.1. The zero-order chi connectivity index (χ0) is 17.1. The summed E-state index contributed by atoms with van der Waals surface area (Å²) in [5.41, 5.74) is 3.38. The zero-order valence-corrected chi connectivity index (χ0v) is 14.1. The van der Waals surface area contributed by atoms with Crippen molar-refractivity contribution >= 4 is 6.03 Å². The van der Waals surface area contributed by atoms with Gasteiger partial charge in [0, 0.05) is 6.54 Å². The van der Waals surface area contributed by atoms with E-state index in [1.165, 1.54) is 0 Å². The van der Waals surface area contributed by atoms with E-state index in [9.17, 15) is 4.79 Å². The van der Waals surface area contributed by atoms with Crippen LogP contribution in [0.5, 0.6) is 0 Å². The van der Waals surface area contributed by atoms with Crippen LogP contribution < -0.4 is 5.32 Å². The van der Waals surface area contributed by atoms with Gasteiger partial charge in [-0.2, -0.15) is 0 Å². The summed E-state index contributed by atoms with van der Waals surface area (Å²) in [6.45, 7) is 2.78. The first-order valence-electron chi connectivity index (χ1n) is 8.68. The normalized spacial score (nSPS) is 23.0. The molecule has 5 heteroatoms. The molecule has 0 bridgehead atoms. The van der Waals surface area contributed by atoms with Crippen LogP contribution in [0.2, 0.25) is 0 Å². The number of fused-ring (bicyclic) bond motifs is 1. The van der Waals surface area contributed by atoms with Crippen molar-refractivity contribution in [1.29, 1.82) is 0 Å². The summed E-state index contributed by atoms with van der Waals surface area (Å²) in [5, 5.41) is 3.15. The Morgan fingerprint density at radius 1 is 1.00 bits per heavy atom. The maximum absolute atomic E-state index is 13.0. The maximum Gasteiger partial charge on any atom is 0.318 e. The van der Waals surface area contributed by atoms with E-state index in [0.717, 1.165) is 16.7 Å². The molecule has 4 rings (SSSR count). The van der Waals surface area contributed by atoms with E-state index in [1.807, 2.05) is 47.4 Å². The monoisotopic (exact) mass is 338 g/mol. The molecule has 1 saturated heterocycles.